The number of carbonyl (C=O) groups is 1. The monoisotopic (exact) mass is 281 g/mol. The molecule has 2 N–H and O–H groups in total. The third kappa shape index (κ3) is 4.04. The molecule has 0 aromatic heterocycles. The van der Waals surface area contributed by atoms with Gasteiger partial charge in [-0.1, -0.05) is 13.8 Å². The molecule has 0 aliphatic rings. The molecule has 0 saturated heterocycles. The number of benzene rings is 1. The van der Waals surface area contributed by atoms with E-state index in [-0.39, 0.29) is 23.7 Å². The van der Waals surface area contributed by atoms with E-state index in [2.05, 4.69) is 19.2 Å². The fourth-order valence-electron chi connectivity index (χ4n) is 2.33. The topological polar surface area (TPSA) is 49.3 Å². The van der Waals surface area contributed by atoms with Crippen LogP contribution in [-0.4, -0.2) is 24.2 Å². The predicted molar refractivity (Wildman–Crippen MR) is 78.2 cm³/mol. The van der Waals surface area contributed by atoms with Gasteiger partial charge in [-0.05, 0) is 55.4 Å². The molecule has 0 aliphatic carbocycles. The smallest absolute Gasteiger partial charge is 0.251 e. The first-order chi connectivity index (χ1) is 9.48. The summed E-state index contributed by atoms with van der Waals surface area (Å²) in [5.41, 5.74) is 0.860. The van der Waals surface area contributed by atoms with E-state index >= 15 is 0 Å². The highest BCUT2D eigenvalue weighted by atomic mass is 19.1. The molecule has 1 rings (SSSR count). The van der Waals surface area contributed by atoms with E-state index in [1.54, 1.807) is 13.0 Å². The van der Waals surface area contributed by atoms with Crippen molar-refractivity contribution >= 4 is 5.91 Å². The minimum atomic E-state index is -0.307. The van der Waals surface area contributed by atoms with Gasteiger partial charge in [0.1, 0.15) is 5.82 Å². The number of aryl methyl sites for hydroxylation is 1. The quantitative estimate of drug-likeness (QED) is 0.807. The molecule has 3 nitrogen and oxygen atoms in total. The van der Waals surface area contributed by atoms with Crippen LogP contribution in [0.2, 0.25) is 0 Å². The maximum Gasteiger partial charge on any atom is 0.251 e. The molecule has 0 saturated carbocycles. The summed E-state index contributed by atoms with van der Waals surface area (Å²) in [4.78, 5) is 12.1. The predicted octanol–water partition coefficient (Wildman–Crippen LogP) is 3.05. The van der Waals surface area contributed by atoms with E-state index in [0.717, 1.165) is 12.8 Å². The number of hydrogen-bond acceptors (Lipinski definition) is 2. The highest BCUT2D eigenvalue weighted by Gasteiger charge is 2.26. The Kier molecular flexibility index (Phi) is 6.14. The van der Waals surface area contributed by atoms with Crippen LogP contribution in [0.1, 0.15) is 49.0 Å². The van der Waals surface area contributed by atoms with Crippen molar-refractivity contribution in [3.05, 3.63) is 35.1 Å². The average molecular weight is 281 g/mol. The van der Waals surface area contributed by atoms with E-state index < -0.39 is 0 Å². The maximum absolute atomic E-state index is 13.2. The van der Waals surface area contributed by atoms with Crippen LogP contribution in [0.4, 0.5) is 4.39 Å². The molecule has 1 amide bonds. The second-order valence-electron chi connectivity index (χ2n) is 5.33. The Hall–Kier alpha value is -1.42. The molecular weight excluding hydrogens is 257 g/mol. The number of amides is 1. The number of carbonyl (C=O) groups excluding carboxylic acids is 1. The average Bonchev–Trinajstić information content (AvgIpc) is 2.46. The summed E-state index contributed by atoms with van der Waals surface area (Å²) >= 11 is 0. The molecule has 0 atom stereocenters. The lowest BCUT2D eigenvalue weighted by Crippen LogP contribution is -2.37. The van der Waals surface area contributed by atoms with Crippen LogP contribution in [0.3, 0.4) is 0 Å². The van der Waals surface area contributed by atoms with Crippen molar-refractivity contribution < 1.29 is 14.3 Å². The highest BCUT2D eigenvalue weighted by molar-refractivity contribution is 5.94. The highest BCUT2D eigenvalue weighted by Crippen LogP contribution is 2.29. The van der Waals surface area contributed by atoms with Gasteiger partial charge in [0, 0.05) is 18.7 Å². The number of nitrogens with one attached hydrogen (secondary N) is 1. The first-order valence-corrected chi connectivity index (χ1v) is 7.13. The molecule has 0 bridgehead atoms. The number of rotatable bonds is 7. The van der Waals surface area contributed by atoms with Crippen LogP contribution in [0.15, 0.2) is 18.2 Å². The summed E-state index contributed by atoms with van der Waals surface area (Å²) < 4.78 is 13.2. The summed E-state index contributed by atoms with van der Waals surface area (Å²) in [6.07, 6.45) is 2.46. The Bertz CT molecular complexity index is 456. The Balaban J connectivity index is 2.72. The van der Waals surface area contributed by atoms with Gasteiger partial charge in [0.15, 0.2) is 0 Å². The van der Waals surface area contributed by atoms with Crippen LogP contribution in [0.5, 0.6) is 0 Å². The van der Waals surface area contributed by atoms with Crippen LogP contribution < -0.4 is 5.32 Å². The zero-order valence-electron chi connectivity index (χ0n) is 12.5. The maximum atomic E-state index is 13.2. The molecule has 0 aliphatic heterocycles. The summed E-state index contributed by atoms with van der Waals surface area (Å²) in [5, 5.41) is 12.1. The van der Waals surface area contributed by atoms with Gasteiger partial charge in [-0.3, -0.25) is 4.79 Å². The van der Waals surface area contributed by atoms with E-state index in [1.165, 1.54) is 12.1 Å². The zero-order chi connectivity index (χ0) is 15.2. The number of halogens is 1. The Morgan fingerprint density at radius 3 is 2.50 bits per heavy atom. The van der Waals surface area contributed by atoms with Gasteiger partial charge in [-0.15, -0.1) is 0 Å². The van der Waals surface area contributed by atoms with Gasteiger partial charge in [0.2, 0.25) is 0 Å². The minimum absolute atomic E-state index is 0.0700. The van der Waals surface area contributed by atoms with Gasteiger partial charge < -0.3 is 10.4 Å². The van der Waals surface area contributed by atoms with Gasteiger partial charge in [0.05, 0.1) is 0 Å². The number of aliphatic hydroxyl groups excluding tert-OH is 1. The fraction of sp³-hybridized carbons (Fsp3) is 0.562. The van der Waals surface area contributed by atoms with Crippen LogP contribution >= 0.6 is 0 Å². The molecule has 112 valence electrons. The SMILES string of the molecule is CCC(CC)(CCO)CNC(=O)c1ccc(F)c(C)c1. The fourth-order valence-corrected chi connectivity index (χ4v) is 2.33. The van der Waals surface area contributed by atoms with E-state index in [0.29, 0.717) is 24.1 Å². The molecule has 0 unspecified atom stereocenters. The van der Waals surface area contributed by atoms with Gasteiger partial charge in [-0.25, -0.2) is 4.39 Å². The first-order valence-electron chi connectivity index (χ1n) is 7.13. The lowest BCUT2D eigenvalue weighted by molar-refractivity contribution is 0.0907. The largest absolute Gasteiger partial charge is 0.396 e. The molecular formula is C16H24FNO2. The second-order valence-corrected chi connectivity index (χ2v) is 5.33. The van der Waals surface area contributed by atoms with E-state index in [1.807, 2.05) is 0 Å². The normalized spacial score (nSPS) is 11.4. The van der Waals surface area contributed by atoms with Crippen molar-refractivity contribution in [3.63, 3.8) is 0 Å². The molecule has 0 heterocycles. The minimum Gasteiger partial charge on any atom is -0.396 e. The van der Waals surface area contributed by atoms with Crippen molar-refractivity contribution in [2.75, 3.05) is 13.2 Å². The van der Waals surface area contributed by atoms with Crippen LogP contribution in [0.25, 0.3) is 0 Å². The van der Waals surface area contributed by atoms with E-state index in [4.69, 9.17) is 5.11 Å². The summed E-state index contributed by atoms with van der Waals surface area (Å²) in [6, 6.07) is 4.35. The van der Waals surface area contributed by atoms with Crippen molar-refractivity contribution in [2.45, 2.75) is 40.0 Å². The van der Waals surface area contributed by atoms with Crippen LogP contribution in [0, 0.1) is 18.2 Å². The van der Waals surface area contributed by atoms with Crippen LogP contribution in [-0.2, 0) is 0 Å². The van der Waals surface area contributed by atoms with Gasteiger partial charge in [-0.2, -0.15) is 0 Å². The van der Waals surface area contributed by atoms with Gasteiger partial charge in [0.25, 0.3) is 5.91 Å². The molecule has 0 radical (unpaired) electrons. The molecule has 0 spiro atoms. The summed E-state index contributed by atoms with van der Waals surface area (Å²) in [5.74, 6) is -0.504. The van der Waals surface area contributed by atoms with Crippen molar-refractivity contribution in [1.82, 2.24) is 5.32 Å². The third-order valence-electron chi connectivity index (χ3n) is 4.19. The molecule has 20 heavy (non-hydrogen) atoms. The van der Waals surface area contributed by atoms with Crippen molar-refractivity contribution in [1.29, 1.82) is 0 Å². The Morgan fingerprint density at radius 2 is 2.00 bits per heavy atom. The Labute approximate surface area is 120 Å². The zero-order valence-corrected chi connectivity index (χ0v) is 12.5. The lowest BCUT2D eigenvalue weighted by atomic mass is 9.79. The van der Waals surface area contributed by atoms with Crippen molar-refractivity contribution in [3.8, 4) is 0 Å². The number of aliphatic hydroxyl groups is 1. The molecule has 0 fully saturated rings. The first kappa shape index (κ1) is 16.6. The standard InChI is InChI=1S/C16H24FNO2/c1-4-16(5-2,8-9-19)11-18-15(20)13-6-7-14(17)12(3)10-13/h6-7,10,19H,4-5,8-9,11H2,1-3H3,(H,18,20). The van der Waals surface area contributed by atoms with Gasteiger partial charge >= 0.3 is 0 Å². The number of hydrogen-bond donors (Lipinski definition) is 2. The Morgan fingerprint density at radius 1 is 1.35 bits per heavy atom. The third-order valence-corrected chi connectivity index (χ3v) is 4.19. The molecule has 4 heteroatoms. The molecule has 1 aromatic rings. The summed E-state index contributed by atoms with van der Waals surface area (Å²) in [6.45, 7) is 6.41. The second kappa shape index (κ2) is 7.39. The molecule has 1 aromatic carbocycles. The van der Waals surface area contributed by atoms with Crippen molar-refractivity contribution in [2.24, 2.45) is 5.41 Å². The summed E-state index contributed by atoms with van der Waals surface area (Å²) in [7, 11) is 0. The lowest BCUT2D eigenvalue weighted by Gasteiger charge is -2.31. The van der Waals surface area contributed by atoms with E-state index in [9.17, 15) is 9.18 Å².